The number of hydrogen-bond donors (Lipinski definition) is 0. The molecule has 0 saturated carbocycles. The van der Waals surface area contributed by atoms with Crippen LogP contribution in [0.15, 0.2) is 48.5 Å². The molecule has 144 valence electrons. The average Bonchev–Trinajstić information content (AvgIpc) is 3.54. The first kappa shape index (κ1) is 19.2. The van der Waals surface area contributed by atoms with Gasteiger partial charge in [0.2, 0.25) is 3.79 Å². The van der Waals surface area contributed by atoms with Gasteiger partial charge in [0.15, 0.2) is 0 Å². The fraction of sp³-hybridized carbons (Fsp3) is 0.400. The van der Waals surface area contributed by atoms with Crippen molar-refractivity contribution < 1.29 is 18.9 Å². The van der Waals surface area contributed by atoms with Gasteiger partial charge >= 0.3 is 0 Å². The Morgan fingerprint density at radius 3 is 1.44 bits per heavy atom. The molecule has 2 aliphatic heterocycles. The van der Waals surface area contributed by atoms with E-state index < -0.39 is 9.71 Å². The number of ether oxygens (including phenoxy) is 4. The molecule has 0 aliphatic carbocycles. The number of alkyl halides is 3. The van der Waals surface area contributed by atoms with Crippen molar-refractivity contribution in [3.63, 3.8) is 0 Å². The van der Waals surface area contributed by atoms with Gasteiger partial charge in [-0.1, -0.05) is 59.1 Å². The minimum Gasteiger partial charge on any atom is -0.491 e. The zero-order valence-electron chi connectivity index (χ0n) is 14.4. The maximum atomic E-state index is 6.31. The van der Waals surface area contributed by atoms with Gasteiger partial charge < -0.3 is 18.9 Å². The highest BCUT2D eigenvalue weighted by molar-refractivity contribution is 6.68. The van der Waals surface area contributed by atoms with Crippen LogP contribution in [-0.4, -0.2) is 42.4 Å². The number of epoxide rings is 2. The van der Waals surface area contributed by atoms with Crippen molar-refractivity contribution in [2.24, 2.45) is 0 Å². The van der Waals surface area contributed by atoms with Gasteiger partial charge in [-0.3, -0.25) is 0 Å². The van der Waals surface area contributed by atoms with Crippen molar-refractivity contribution in [1.82, 2.24) is 0 Å². The lowest BCUT2D eigenvalue weighted by molar-refractivity contribution is 0.263. The molecule has 0 amide bonds. The van der Waals surface area contributed by atoms with E-state index in [1.807, 2.05) is 48.5 Å². The van der Waals surface area contributed by atoms with Gasteiger partial charge in [0.25, 0.3) is 0 Å². The Hall–Kier alpha value is -1.17. The summed E-state index contributed by atoms with van der Waals surface area (Å²) in [5, 5.41) is 0. The fourth-order valence-corrected chi connectivity index (χ4v) is 3.55. The molecule has 0 bridgehead atoms. The number of benzene rings is 2. The lowest BCUT2D eigenvalue weighted by Gasteiger charge is -2.26. The Labute approximate surface area is 173 Å². The molecule has 0 N–H and O–H groups in total. The summed E-state index contributed by atoms with van der Waals surface area (Å²) < 4.78 is 20.1. The quantitative estimate of drug-likeness (QED) is 0.449. The fourth-order valence-electron chi connectivity index (χ4n) is 2.79. The maximum Gasteiger partial charge on any atom is 0.201 e. The summed E-state index contributed by atoms with van der Waals surface area (Å²) in [7, 11) is 0. The van der Waals surface area contributed by atoms with Gasteiger partial charge in [-0.2, -0.15) is 0 Å². The first-order valence-corrected chi connectivity index (χ1v) is 9.88. The average molecular weight is 430 g/mol. The smallest absolute Gasteiger partial charge is 0.201 e. The van der Waals surface area contributed by atoms with Crippen LogP contribution in [0.3, 0.4) is 0 Å². The minimum atomic E-state index is -1.49. The monoisotopic (exact) mass is 428 g/mol. The Balaban J connectivity index is 1.48. The van der Waals surface area contributed by atoms with Gasteiger partial charge in [0, 0.05) is 0 Å². The van der Waals surface area contributed by atoms with Crippen LogP contribution in [0, 0.1) is 0 Å². The summed E-state index contributed by atoms with van der Waals surface area (Å²) in [4.78, 5) is 0. The van der Waals surface area contributed by atoms with Crippen LogP contribution in [0.1, 0.15) is 17.0 Å². The molecule has 4 nitrogen and oxygen atoms in total. The Bertz CT molecular complexity index is 691. The van der Waals surface area contributed by atoms with Crippen molar-refractivity contribution >= 4 is 34.8 Å². The van der Waals surface area contributed by atoms with E-state index in [1.54, 1.807) is 0 Å². The Morgan fingerprint density at radius 2 is 1.15 bits per heavy atom. The molecule has 1 unspecified atom stereocenters. The molecule has 27 heavy (non-hydrogen) atoms. The largest absolute Gasteiger partial charge is 0.491 e. The van der Waals surface area contributed by atoms with E-state index in [1.165, 1.54) is 0 Å². The molecule has 2 aromatic rings. The maximum absolute atomic E-state index is 6.31. The molecule has 0 aromatic heterocycles. The summed E-state index contributed by atoms with van der Waals surface area (Å²) in [5.41, 5.74) is 1.79. The van der Waals surface area contributed by atoms with Crippen LogP contribution in [0.25, 0.3) is 0 Å². The second-order valence-electron chi connectivity index (χ2n) is 6.65. The van der Waals surface area contributed by atoms with Crippen molar-refractivity contribution in [3.8, 4) is 11.5 Å². The van der Waals surface area contributed by atoms with Gasteiger partial charge in [-0.05, 0) is 35.4 Å². The van der Waals surface area contributed by atoms with Crippen LogP contribution < -0.4 is 9.47 Å². The summed E-state index contributed by atoms with van der Waals surface area (Å²) in [5.74, 6) is 1.12. The third-order valence-electron chi connectivity index (χ3n) is 4.43. The number of rotatable bonds is 8. The summed E-state index contributed by atoms with van der Waals surface area (Å²) in [6, 6.07) is 15.2. The number of halogens is 3. The van der Waals surface area contributed by atoms with E-state index in [0.29, 0.717) is 13.2 Å². The van der Waals surface area contributed by atoms with Crippen molar-refractivity contribution in [2.45, 2.75) is 21.9 Å². The SMILES string of the molecule is ClC(Cl)(Cl)C(c1ccc(OC[C@@H]2CO2)cc1)c1ccc(OC[C@H]2CO2)cc1. The highest BCUT2D eigenvalue weighted by Gasteiger charge is 2.35. The molecule has 4 rings (SSSR count). The lowest BCUT2D eigenvalue weighted by Crippen LogP contribution is -2.18. The predicted molar refractivity (Wildman–Crippen MR) is 105 cm³/mol. The molecule has 0 radical (unpaired) electrons. The molecule has 2 aromatic carbocycles. The van der Waals surface area contributed by atoms with Crippen LogP contribution in [0.4, 0.5) is 0 Å². The minimum absolute atomic E-state index is 0.214. The van der Waals surface area contributed by atoms with Crippen LogP contribution in [0.2, 0.25) is 0 Å². The van der Waals surface area contributed by atoms with Gasteiger partial charge in [-0.15, -0.1) is 0 Å². The summed E-state index contributed by atoms with van der Waals surface area (Å²) in [6.45, 7) is 2.64. The van der Waals surface area contributed by atoms with Gasteiger partial charge in [-0.25, -0.2) is 0 Å². The third kappa shape index (κ3) is 5.43. The molecular weight excluding hydrogens is 411 g/mol. The molecule has 2 saturated heterocycles. The molecule has 7 heteroatoms. The first-order valence-electron chi connectivity index (χ1n) is 8.74. The highest BCUT2D eigenvalue weighted by Crippen LogP contribution is 2.46. The van der Waals surface area contributed by atoms with Crippen LogP contribution >= 0.6 is 34.8 Å². The zero-order valence-corrected chi connectivity index (χ0v) is 16.7. The molecular formula is C20H19Cl3O4. The van der Waals surface area contributed by atoms with E-state index in [4.69, 9.17) is 53.8 Å². The van der Waals surface area contributed by atoms with Crippen molar-refractivity contribution in [2.75, 3.05) is 26.4 Å². The van der Waals surface area contributed by atoms with Crippen LogP contribution in [-0.2, 0) is 9.47 Å². The van der Waals surface area contributed by atoms with E-state index in [-0.39, 0.29) is 12.2 Å². The first-order chi connectivity index (χ1) is 13.0. The highest BCUT2D eigenvalue weighted by atomic mass is 35.6. The standard InChI is InChI=1S/C20H19Cl3O4/c21-20(22,23)19(13-1-5-15(6-2-13)24-9-17-11-26-17)14-3-7-16(8-4-14)25-10-18-12-27-18/h1-8,17-19H,9-12H2/t17-,18+,19?. The third-order valence-corrected chi connectivity index (χ3v) is 5.09. The second-order valence-corrected chi connectivity index (χ2v) is 9.01. The number of hydrogen-bond acceptors (Lipinski definition) is 4. The van der Waals surface area contributed by atoms with E-state index in [9.17, 15) is 0 Å². The second kappa shape index (κ2) is 8.06. The molecule has 2 heterocycles. The Kier molecular flexibility index (Phi) is 5.72. The van der Waals surface area contributed by atoms with Crippen LogP contribution in [0.5, 0.6) is 11.5 Å². The molecule has 2 fully saturated rings. The van der Waals surface area contributed by atoms with E-state index >= 15 is 0 Å². The molecule has 0 spiro atoms. The van der Waals surface area contributed by atoms with E-state index in [2.05, 4.69) is 0 Å². The summed E-state index contributed by atoms with van der Waals surface area (Å²) in [6.07, 6.45) is 0.427. The van der Waals surface area contributed by atoms with Crippen molar-refractivity contribution in [1.29, 1.82) is 0 Å². The molecule has 3 atom stereocenters. The topological polar surface area (TPSA) is 43.5 Å². The van der Waals surface area contributed by atoms with Gasteiger partial charge in [0.1, 0.15) is 36.9 Å². The van der Waals surface area contributed by atoms with Gasteiger partial charge in [0.05, 0.1) is 19.1 Å². The predicted octanol–water partition coefficient (Wildman–Crippen LogP) is 4.74. The normalized spacial score (nSPS) is 22.2. The Morgan fingerprint density at radius 1 is 0.778 bits per heavy atom. The summed E-state index contributed by atoms with van der Waals surface area (Å²) >= 11 is 18.9. The van der Waals surface area contributed by atoms with Crippen molar-refractivity contribution in [3.05, 3.63) is 59.7 Å². The lowest BCUT2D eigenvalue weighted by atomic mass is 9.92. The zero-order chi connectivity index (χ0) is 18.9. The molecule has 2 aliphatic rings. The van der Waals surface area contributed by atoms with E-state index in [0.717, 1.165) is 35.8 Å².